The molecule has 0 saturated carbocycles. The predicted octanol–water partition coefficient (Wildman–Crippen LogP) is 3.63. The molecule has 0 atom stereocenters. The van der Waals surface area contributed by atoms with Crippen molar-refractivity contribution < 1.29 is 4.39 Å². The molecule has 1 aromatic carbocycles. The topological polar surface area (TPSA) is 60.2 Å². The van der Waals surface area contributed by atoms with Crippen LogP contribution in [0.2, 0.25) is 0 Å². The molecule has 2 aromatic rings. The lowest BCUT2D eigenvalue weighted by atomic mass is 10.1. The summed E-state index contributed by atoms with van der Waals surface area (Å²) in [6.07, 6.45) is 0. The summed E-state index contributed by atoms with van der Waals surface area (Å²) < 4.78 is 13.8. The van der Waals surface area contributed by atoms with Crippen LogP contribution in [0, 0.1) is 17.1 Å². The molecule has 0 bridgehead atoms. The standard InChI is InChI=1S/C16H17FN4S.HI/c1-2-19-16(21-11-14-4-3-7-22-14)20-10-13-6-5-12(9-18)8-15(13)17;/h3-8H,2,10-11H2,1H3,(H2,19,20,21);1H. The lowest BCUT2D eigenvalue weighted by Crippen LogP contribution is -2.36. The van der Waals surface area contributed by atoms with Gasteiger partial charge in [0, 0.05) is 17.0 Å². The predicted molar refractivity (Wildman–Crippen MR) is 103 cm³/mol. The highest BCUT2D eigenvalue weighted by atomic mass is 127. The molecule has 23 heavy (non-hydrogen) atoms. The molecule has 0 radical (unpaired) electrons. The van der Waals surface area contributed by atoms with Crippen molar-refractivity contribution in [1.29, 1.82) is 5.26 Å². The zero-order valence-corrected chi connectivity index (χ0v) is 15.8. The van der Waals surface area contributed by atoms with E-state index in [9.17, 15) is 4.39 Å². The third-order valence-corrected chi connectivity index (χ3v) is 3.82. The highest BCUT2D eigenvalue weighted by Gasteiger charge is 2.04. The lowest BCUT2D eigenvalue weighted by molar-refractivity contribution is 0.609. The molecular formula is C16H18FIN4S. The number of guanidine groups is 1. The minimum Gasteiger partial charge on any atom is -0.357 e. The molecular weight excluding hydrogens is 426 g/mol. The smallest absolute Gasteiger partial charge is 0.191 e. The van der Waals surface area contributed by atoms with E-state index in [1.54, 1.807) is 23.5 Å². The fourth-order valence-corrected chi connectivity index (χ4v) is 2.48. The summed E-state index contributed by atoms with van der Waals surface area (Å²) in [5, 5.41) is 17.1. The molecule has 1 heterocycles. The Morgan fingerprint density at radius 3 is 2.78 bits per heavy atom. The van der Waals surface area contributed by atoms with E-state index in [1.165, 1.54) is 10.9 Å². The summed E-state index contributed by atoms with van der Waals surface area (Å²) in [5.41, 5.74) is 0.778. The van der Waals surface area contributed by atoms with Gasteiger partial charge in [0.05, 0.1) is 24.7 Å². The van der Waals surface area contributed by atoms with E-state index in [2.05, 4.69) is 15.6 Å². The van der Waals surface area contributed by atoms with Crippen LogP contribution in [0.15, 0.2) is 40.7 Å². The molecule has 4 nitrogen and oxygen atoms in total. The van der Waals surface area contributed by atoms with Crippen molar-refractivity contribution in [2.75, 3.05) is 6.54 Å². The Morgan fingerprint density at radius 1 is 1.35 bits per heavy atom. The van der Waals surface area contributed by atoms with Crippen molar-refractivity contribution in [3.63, 3.8) is 0 Å². The molecule has 0 unspecified atom stereocenters. The van der Waals surface area contributed by atoms with Gasteiger partial charge in [0.1, 0.15) is 5.82 Å². The maximum absolute atomic E-state index is 13.8. The maximum Gasteiger partial charge on any atom is 0.191 e. The molecule has 0 aliphatic heterocycles. The van der Waals surface area contributed by atoms with Crippen LogP contribution in [0.4, 0.5) is 4.39 Å². The van der Waals surface area contributed by atoms with Crippen LogP contribution in [0.3, 0.4) is 0 Å². The Labute approximate surface area is 156 Å². The monoisotopic (exact) mass is 444 g/mol. The largest absolute Gasteiger partial charge is 0.357 e. The summed E-state index contributed by atoms with van der Waals surface area (Å²) in [5.74, 6) is 0.233. The van der Waals surface area contributed by atoms with Crippen molar-refractivity contribution in [2.24, 2.45) is 4.99 Å². The average molecular weight is 444 g/mol. The lowest BCUT2D eigenvalue weighted by Gasteiger charge is -2.10. The number of nitriles is 1. The first kappa shape index (κ1) is 19.4. The van der Waals surface area contributed by atoms with Gasteiger partial charge in [-0.2, -0.15) is 5.26 Å². The minimum absolute atomic E-state index is 0. The van der Waals surface area contributed by atoms with Crippen LogP contribution in [0.1, 0.15) is 22.9 Å². The summed E-state index contributed by atoms with van der Waals surface area (Å²) in [4.78, 5) is 5.58. The Bertz CT molecular complexity index is 680. The Balaban J connectivity index is 0.00000264. The van der Waals surface area contributed by atoms with E-state index >= 15 is 0 Å². The molecule has 0 aliphatic rings. The summed E-state index contributed by atoms with van der Waals surface area (Å²) in [6.45, 7) is 3.60. The van der Waals surface area contributed by atoms with E-state index < -0.39 is 5.82 Å². The van der Waals surface area contributed by atoms with E-state index in [1.807, 2.05) is 30.5 Å². The quantitative estimate of drug-likeness (QED) is 0.421. The molecule has 7 heteroatoms. The zero-order chi connectivity index (χ0) is 15.8. The van der Waals surface area contributed by atoms with Gasteiger partial charge in [-0.3, -0.25) is 0 Å². The SMILES string of the molecule is CCNC(=NCc1ccc(C#N)cc1F)NCc1cccs1.I. The summed E-state index contributed by atoms with van der Waals surface area (Å²) >= 11 is 1.67. The number of benzene rings is 1. The van der Waals surface area contributed by atoms with Gasteiger partial charge in [-0.25, -0.2) is 9.38 Å². The number of halogens is 2. The first-order valence-electron chi connectivity index (χ1n) is 6.96. The van der Waals surface area contributed by atoms with Crippen molar-refractivity contribution in [1.82, 2.24) is 10.6 Å². The van der Waals surface area contributed by atoms with Crippen LogP contribution >= 0.6 is 35.3 Å². The van der Waals surface area contributed by atoms with Crippen molar-refractivity contribution in [2.45, 2.75) is 20.0 Å². The molecule has 2 N–H and O–H groups in total. The van der Waals surface area contributed by atoms with Gasteiger partial charge in [-0.15, -0.1) is 35.3 Å². The molecule has 0 fully saturated rings. The van der Waals surface area contributed by atoms with Crippen LogP contribution in [-0.2, 0) is 13.1 Å². The first-order chi connectivity index (χ1) is 10.7. The molecule has 0 saturated heterocycles. The number of nitrogens with zero attached hydrogens (tertiary/aromatic N) is 2. The Kier molecular flexibility index (Phi) is 8.58. The minimum atomic E-state index is -0.406. The third kappa shape index (κ3) is 6.15. The van der Waals surface area contributed by atoms with E-state index in [0.717, 1.165) is 6.54 Å². The number of hydrogen-bond donors (Lipinski definition) is 2. The number of thiophene rings is 1. The van der Waals surface area contributed by atoms with Gasteiger partial charge in [-0.1, -0.05) is 12.1 Å². The van der Waals surface area contributed by atoms with Crippen molar-refractivity contribution in [3.05, 3.63) is 57.5 Å². The van der Waals surface area contributed by atoms with E-state index in [0.29, 0.717) is 23.6 Å². The Morgan fingerprint density at radius 2 is 2.17 bits per heavy atom. The van der Waals surface area contributed by atoms with Crippen molar-refractivity contribution in [3.8, 4) is 6.07 Å². The van der Waals surface area contributed by atoms with Gasteiger partial charge in [0.2, 0.25) is 0 Å². The van der Waals surface area contributed by atoms with Gasteiger partial charge < -0.3 is 10.6 Å². The first-order valence-corrected chi connectivity index (χ1v) is 7.84. The third-order valence-electron chi connectivity index (χ3n) is 2.94. The summed E-state index contributed by atoms with van der Waals surface area (Å²) in [7, 11) is 0. The van der Waals surface area contributed by atoms with Gasteiger partial charge in [0.25, 0.3) is 0 Å². The number of hydrogen-bond acceptors (Lipinski definition) is 3. The molecule has 0 amide bonds. The maximum atomic E-state index is 13.8. The number of rotatable bonds is 5. The Hall–Kier alpha value is -1.66. The van der Waals surface area contributed by atoms with Gasteiger partial charge in [0.15, 0.2) is 5.96 Å². The average Bonchev–Trinajstić information content (AvgIpc) is 3.04. The molecule has 0 spiro atoms. The highest BCUT2D eigenvalue weighted by Crippen LogP contribution is 2.11. The molecule has 2 rings (SSSR count). The van der Waals surface area contributed by atoms with Gasteiger partial charge in [-0.05, 0) is 30.5 Å². The number of nitrogens with one attached hydrogen (secondary N) is 2. The molecule has 122 valence electrons. The molecule has 0 aliphatic carbocycles. The van der Waals surface area contributed by atoms with Crippen LogP contribution in [0.25, 0.3) is 0 Å². The van der Waals surface area contributed by atoms with E-state index in [4.69, 9.17) is 5.26 Å². The summed E-state index contributed by atoms with van der Waals surface area (Å²) in [6, 6.07) is 10.4. The number of aliphatic imine (C=N–C) groups is 1. The second kappa shape index (κ2) is 10.2. The normalized spacial score (nSPS) is 10.6. The molecule has 1 aromatic heterocycles. The van der Waals surface area contributed by atoms with Crippen LogP contribution < -0.4 is 10.6 Å². The van der Waals surface area contributed by atoms with E-state index in [-0.39, 0.29) is 30.5 Å². The van der Waals surface area contributed by atoms with Gasteiger partial charge >= 0.3 is 0 Å². The van der Waals surface area contributed by atoms with Crippen LogP contribution in [-0.4, -0.2) is 12.5 Å². The second-order valence-electron chi connectivity index (χ2n) is 4.55. The zero-order valence-electron chi connectivity index (χ0n) is 12.7. The fourth-order valence-electron chi connectivity index (χ4n) is 1.84. The van der Waals surface area contributed by atoms with Crippen LogP contribution in [0.5, 0.6) is 0 Å². The highest BCUT2D eigenvalue weighted by molar-refractivity contribution is 14.0. The fraction of sp³-hybridized carbons (Fsp3) is 0.250. The second-order valence-corrected chi connectivity index (χ2v) is 5.58. The van der Waals surface area contributed by atoms with Crippen molar-refractivity contribution >= 4 is 41.3 Å².